The number of pyridine rings is 1. The number of carbonyl (C=O) groups is 1. The summed E-state index contributed by atoms with van der Waals surface area (Å²) in [6.45, 7) is 2.30. The van der Waals surface area contributed by atoms with E-state index >= 15 is 0 Å². The minimum Gasteiger partial charge on any atom is -0.302 e. The SMILES string of the molecule is CCN(c1ccccc1)S(=O)(=O)c1ccc(-n2[nH]c3c(c2=O)N(Cc2ccccc2)C(=O)CC3)nc1. The van der Waals surface area contributed by atoms with Gasteiger partial charge in [-0.15, -0.1) is 0 Å². The summed E-state index contributed by atoms with van der Waals surface area (Å²) >= 11 is 0. The van der Waals surface area contributed by atoms with Crippen LogP contribution >= 0.6 is 0 Å². The highest BCUT2D eigenvalue weighted by Crippen LogP contribution is 2.27. The molecule has 0 unspecified atom stereocenters. The molecule has 5 rings (SSSR count). The average Bonchev–Trinajstić information content (AvgIpc) is 3.24. The van der Waals surface area contributed by atoms with Crippen LogP contribution in [0.5, 0.6) is 0 Å². The second kappa shape index (κ2) is 9.46. The van der Waals surface area contributed by atoms with Crippen LogP contribution in [-0.4, -0.2) is 35.6 Å². The molecule has 0 saturated carbocycles. The molecule has 0 saturated heterocycles. The van der Waals surface area contributed by atoms with Gasteiger partial charge in [-0.2, -0.15) is 4.68 Å². The van der Waals surface area contributed by atoms with E-state index in [1.807, 2.05) is 36.4 Å². The fourth-order valence-electron chi connectivity index (χ4n) is 4.38. The number of amides is 1. The number of para-hydroxylation sites is 1. The highest BCUT2D eigenvalue weighted by molar-refractivity contribution is 7.92. The quantitative estimate of drug-likeness (QED) is 0.417. The highest BCUT2D eigenvalue weighted by Gasteiger charge is 2.31. The second-order valence-corrected chi connectivity index (χ2v) is 10.3. The van der Waals surface area contributed by atoms with Crippen molar-refractivity contribution in [2.75, 3.05) is 15.7 Å². The van der Waals surface area contributed by atoms with Gasteiger partial charge in [-0.25, -0.2) is 13.4 Å². The van der Waals surface area contributed by atoms with Crippen LogP contribution in [0.1, 0.15) is 24.6 Å². The maximum atomic E-state index is 13.4. The fourth-order valence-corrected chi connectivity index (χ4v) is 5.80. The molecule has 2 aromatic carbocycles. The van der Waals surface area contributed by atoms with Crippen molar-refractivity contribution in [3.63, 3.8) is 0 Å². The lowest BCUT2D eigenvalue weighted by molar-refractivity contribution is -0.119. The lowest BCUT2D eigenvalue weighted by atomic mass is 10.1. The average molecular weight is 504 g/mol. The molecule has 3 heterocycles. The van der Waals surface area contributed by atoms with Gasteiger partial charge in [0.15, 0.2) is 5.82 Å². The van der Waals surface area contributed by atoms with Gasteiger partial charge >= 0.3 is 0 Å². The predicted octanol–water partition coefficient (Wildman–Crippen LogP) is 3.26. The number of carbonyl (C=O) groups excluding carboxylic acids is 1. The standard InChI is InChI=1S/C26H25N5O4S/c1-2-30(20-11-7-4-8-12-20)36(34,35)21-13-15-23(27-17-21)31-26(33)25-22(28-31)14-16-24(32)29(25)18-19-9-5-3-6-10-19/h3-13,15,17,28H,2,14,16,18H2,1H3. The monoisotopic (exact) mass is 503 g/mol. The van der Waals surface area contributed by atoms with E-state index in [0.717, 1.165) is 5.56 Å². The Hall–Kier alpha value is -4.18. The summed E-state index contributed by atoms with van der Waals surface area (Å²) in [5.41, 5.74) is 2.01. The number of aryl methyl sites for hydroxylation is 1. The number of fused-ring (bicyclic) bond motifs is 1. The van der Waals surface area contributed by atoms with E-state index in [9.17, 15) is 18.0 Å². The van der Waals surface area contributed by atoms with Gasteiger partial charge < -0.3 is 4.90 Å². The molecule has 4 aromatic rings. The van der Waals surface area contributed by atoms with E-state index in [1.54, 1.807) is 31.2 Å². The van der Waals surface area contributed by atoms with Crippen LogP contribution in [0.15, 0.2) is 88.7 Å². The number of hydrogen-bond donors (Lipinski definition) is 1. The van der Waals surface area contributed by atoms with Gasteiger partial charge in [0.25, 0.3) is 15.6 Å². The molecule has 1 N–H and O–H groups in total. The summed E-state index contributed by atoms with van der Waals surface area (Å²) in [7, 11) is -3.85. The van der Waals surface area contributed by atoms with Crippen LogP contribution in [0.2, 0.25) is 0 Å². The molecule has 0 radical (unpaired) electrons. The van der Waals surface area contributed by atoms with Crippen molar-refractivity contribution >= 4 is 27.3 Å². The van der Waals surface area contributed by atoms with Crippen molar-refractivity contribution in [1.82, 2.24) is 14.8 Å². The van der Waals surface area contributed by atoms with Crippen LogP contribution in [0.4, 0.5) is 11.4 Å². The van der Waals surface area contributed by atoms with Crippen molar-refractivity contribution in [2.24, 2.45) is 0 Å². The first-order valence-electron chi connectivity index (χ1n) is 11.6. The van der Waals surface area contributed by atoms with Crippen LogP contribution in [-0.2, 0) is 27.8 Å². The Balaban J connectivity index is 1.47. The fraction of sp³-hybridized carbons (Fsp3) is 0.192. The zero-order valence-electron chi connectivity index (χ0n) is 19.7. The molecule has 184 valence electrons. The number of rotatable bonds is 7. The number of aromatic nitrogens is 3. The first-order chi connectivity index (χ1) is 17.4. The first kappa shape index (κ1) is 23.6. The topological polar surface area (TPSA) is 108 Å². The third kappa shape index (κ3) is 4.20. The summed E-state index contributed by atoms with van der Waals surface area (Å²) in [4.78, 5) is 31.9. The van der Waals surface area contributed by atoms with E-state index in [-0.39, 0.29) is 36.1 Å². The van der Waals surface area contributed by atoms with E-state index < -0.39 is 15.6 Å². The normalized spacial score (nSPS) is 13.5. The van der Waals surface area contributed by atoms with E-state index in [2.05, 4.69) is 10.1 Å². The van der Waals surface area contributed by atoms with Crippen molar-refractivity contribution < 1.29 is 13.2 Å². The van der Waals surface area contributed by atoms with Crippen LogP contribution in [0, 0.1) is 0 Å². The molecule has 0 atom stereocenters. The molecule has 0 spiro atoms. The van der Waals surface area contributed by atoms with Crippen LogP contribution in [0.3, 0.4) is 0 Å². The van der Waals surface area contributed by atoms with E-state index in [1.165, 1.54) is 32.2 Å². The molecule has 1 aliphatic rings. The number of nitrogens with zero attached hydrogens (tertiary/aromatic N) is 4. The lowest BCUT2D eigenvalue weighted by Gasteiger charge is -2.25. The Bertz CT molecular complexity index is 1550. The molecular formula is C26H25N5O4S. The summed E-state index contributed by atoms with van der Waals surface area (Å²) < 4.78 is 29.1. The highest BCUT2D eigenvalue weighted by atomic mass is 32.2. The Kier molecular flexibility index (Phi) is 6.19. The lowest BCUT2D eigenvalue weighted by Crippen LogP contribution is -2.37. The van der Waals surface area contributed by atoms with Gasteiger partial charge in [-0.1, -0.05) is 48.5 Å². The zero-order chi connectivity index (χ0) is 25.3. The summed E-state index contributed by atoms with van der Waals surface area (Å²) in [5, 5.41) is 3.06. The van der Waals surface area contributed by atoms with Crippen molar-refractivity contribution in [2.45, 2.75) is 31.2 Å². The first-order valence-corrected chi connectivity index (χ1v) is 13.1. The number of aromatic amines is 1. The third-order valence-corrected chi connectivity index (χ3v) is 8.04. The number of H-pyrrole nitrogens is 1. The molecule has 1 aliphatic heterocycles. The summed E-state index contributed by atoms with van der Waals surface area (Å²) in [6.07, 6.45) is 1.95. The van der Waals surface area contributed by atoms with Crippen molar-refractivity contribution in [3.05, 3.63) is 101 Å². The minimum atomic E-state index is -3.85. The zero-order valence-corrected chi connectivity index (χ0v) is 20.5. The van der Waals surface area contributed by atoms with Gasteiger partial charge in [0.1, 0.15) is 10.6 Å². The number of sulfonamides is 1. The minimum absolute atomic E-state index is 0.0159. The van der Waals surface area contributed by atoms with Crippen molar-refractivity contribution in [3.8, 4) is 5.82 Å². The number of benzene rings is 2. The number of hydrogen-bond acceptors (Lipinski definition) is 5. The van der Waals surface area contributed by atoms with Gasteiger partial charge in [-0.3, -0.25) is 19.0 Å². The van der Waals surface area contributed by atoms with Gasteiger partial charge in [0, 0.05) is 25.6 Å². The van der Waals surface area contributed by atoms with E-state index in [0.29, 0.717) is 23.5 Å². The molecular weight excluding hydrogens is 478 g/mol. The van der Waals surface area contributed by atoms with Crippen molar-refractivity contribution in [1.29, 1.82) is 0 Å². The van der Waals surface area contributed by atoms with Gasteiger partial charge in [0.2, 0.25) is 5.91 Å². The van der Waals surface area contributed by atoms with Crippen LogP contribution in [0.25, 0.3) is 5.82 Å². The van der Waals surface area contributed by atoms with Gasteiger partial charge in [-0.05, 0) is 36.8 Å². The largest absolute Gasteiger partial charge is 0.302 e. The van der Waals surface area contributed by atoms with Crippen LogP contribution < -0.4 is 14.8 Å². The molecule has 9 nitrogen and oxygen atoms in total. The number of anilines is 2. The predicted molar refractivity (Wildman–Crippen MR) is 137 cm³/mol. The Morgan fingerprint density at radius 2 is 1.64 bits per heavy atom. The van der Waals surface area contributed by atoms with Gasteiger partial charge in [0.05, 0.1) is 17.9 Å². The maximum Gasteiger partial charge on any atom is 0.296 e. The van der Waals surface area contributed by atoms with E-state index in [4.69, 9.17) is 0 Å². The molecule has 0 fully saturated rings. The number of nitrogens with one attached hydrogen (secondary N) is 1. The molecule has 2 aromatic heterocycles. The summed E-state index contributed by atoms with van der Waals surface area (Å²) in [6, 6.07) is 21.2. The Labute approximate surface area is 208 Å². The summed E-state index contributed by atoms with van der Waals surface area (Å²) in [5.74, 6) is 0.118. The maximum absolute atomic E-state index is 13.4. The third-order valence-electron chi connectivity index (χ3n) is 6.15. The molecule has 0 aliphatic carbocycles. The second-order valence-electron chi connectivity index (χ2n) is 8.40. The molecule has 10 heteroatoms. The Morgan fingerprint density at radius 3 is 2.28 bits per heavy atom. The molecule has 1 amide bonds. The molecule has 0 bridgehead atoms. The Morgan fingerprint density at radius 1 is 0.944 bits per heavy atom. The molecule has 36 heavy (non-hydrogen) atoms. The smallest absolute Gasteiger partial charge is 0.296 e.